The van der Waals surface area contributed by atoms with Crippen molar-refractivity contribution in [2.45, 2.75) is 73.8 Å². The van der Waals surface area contributed by atoms with E-state index in [9.17, 15) is 10.2 Å². The number of aliphatic hydroxyl groups is 2. The van der Waals surface area contributed by atoms with Crippen LogP contribution in [0.1, 0.15) is 67.7 Å². The fraction of sp³-hybridized carbons (Fsp3) is 0.462. The summed E-state index contributed by atoms with van der Waals surface area (Å²) in [5, 5.41) is 20.8. The van der Waals surface area contributed by atoms with Crippen molar-refractivity contribution >= 4 is 12.6 Å². The SMILES string of the molecule is CC/C=C(\C)N(/C=C\C(C)=C(\C)C1=C(C2(C)CCC=C(O)C=C2O)NNC=C1S)C(C)C. The third-order valence-electron chi connectivity index (χ3n) is 6.23. The summed E-state index contributed by atoms with van der Waals surface area (Å²) in [5.41, 5.74) is 10.8. The standard InChI is InChI=1S/C26H39N3O2S/c1-8-10-19(5)29(17(2)3)14-12-18(4)20(6)24-22(32)16-27-28-25(24)26(7)13-9-11-21(30)15-23(26)31/h10-12,14-17,27-28,30-32H,8-9,13H2,1-7H3/b14-12-,19-10+,20-18-. The van der Waals surface area contributed by atoms with Crippen molar-refractivity contribution in [2.24, 2.45) is 5.41 Å². The average Bonchev–Trinajstić information content (AvgIpc) is 2.85. The van der Waals surface area contributed by atoms with Gasteiger partial charge in [-0.05, 0) is 84.1 Å². The molecular weight excluding hydrogens is 418 g/mol. The largest absolute Gasteiger partial charge is 0.511 e. The third kappa shape index (κ3) is 5.66. The molecule has 1 heterocycles. The minimum atomic E-state index is -0.693. The van der Waals surface area contributed by atoms with Crippen LogP contribution in [-0.4, -0.2) is 21.2 Å². The van der Waals surface area contributed by atoms with E-state index in [2.05, 4.69) is 75.6 Å². The van der Waals surface area contributed by atoms with Crippen molar-refractivity contribution < 1.29 is 10.2 Å². The van der Waals surface area contributed by atoms with E-state index in [0.29, 0.717) is 18.9 Å². The first-order chi connectivity index (χ1) is 15.0. The molecule has 2 aliphatic rings. The molecule has 6 heteroatoms. The number of hydrazine groups is 1. The van der Waals surface area contributed by atoms with Gasteiger partial charge in [-0.15, -0.1) is 12.6 Å². The van der Waals surface area contributed by atoms with Gasteiger partial charge in [0.25, 0.3) is 0 Å². The van der Waals surface area contributed by atoms with Gasteiger partial charge in [0, 0.05) is 40.7 Å². The Morgan fingerprint density at radius 2 is 1.97 bits per heavy atom. The molecule has 32 heavy (non-hydrogen) atoms. The molecule has 5 nitrogen and oxygen atoms in total. The molecule has 4 N–H and O–H groups in total. The summed E-state index contributed by atoms with van der Waals surface area (Å²) in [5.74, 6) is 0.218. The molecule has 0 saturated carbocycles. The number of hydrogen-bond donors (Lipinski definition) is 5. The lowest BCUT2D eigenvalue weighted by Gasteiger charge is -2.36. The molecule has 1 aliphatic heterocycles. The molecule has 0 aromatic rings. The lowest BCUT2D eigenvalue weighted by Crippen LogP contribution is -2.40. The maximum Gasteiger partial charge on any atom is 0.114 e. The van der Waals surface area contributed by atoms with Gasteiger partial charge in [0.15, 0.2) is 0 Å². The van der Waals surface area contributed by atoms with E-state index < -0.39 is 5.41 Å². The molecule has 0 fully saturated rings. The molecule has 1 atom stereocenters. The molecule has 0 aromatic carbocycles. The van der Waals surface area contributed by atoms with E-state index in [4.69, 9.17) is 12.6 Å². The maximum absolute atomic E-state index is 10.9. The summed E-state index contributed by atoms with van der Waals surface area (Å²) in [6, 6.07) is 0.352. The average molecular weight is 458 g/mol. The van der Waals surface area contributed by atoms with Crippen molar-refractivity contribution in [1.29, 1.82) is 0 Å². The predicted octanol–water partition coefficient (Wildman–Crippen LogP) is 6.68. The zero-order valence-electron chi connectivity index (χ0n) is 20.5. The Balaban J connectivity index is 2.56. The van der Waals surface area contributed by atoms with Crippen LogP contribution >= 0.6 is 12.6 Å². The smallest absolute Gasteiger partial charge is 0.114 e. The molecular formula is C26H39N3O2S. The highest BCUT2D eigenvalue weighted by atomic mass is 32.1. The Morgan fingerprint density at radius 3 is 2.59 bits per heavy atom. The van der Waals surface area contributed by atoms with Crippen LogP contribution in [0.4, 0.5) is 0 Å². The Kier molecular flexibility index (Phi) is 8.79. The van der Waals surface area contributed by atoms with E-state index >= 15 is 0 Å². The van der Waals surface area contributed by atoms with Crippen LogP contribution in [0.2, 0.25) is 0 Å². The first kappa shape index (κ1) is 25.8. The van der Waals surface area contributed by atoms with Gasteiger partial charge in [0.05, 0.1) is 11.1 Å². The van der Waals surface area contributed by atoms with Crippen LogP contribution < -0.4 is 10.9 Å². The number of allylic oxidation sites excluding steroid dienone is 8. The van der Waals surface area contributed by atoms with Gasteiger partial charge in [-0.3, -0.25) is 0 Å². The molecule has 0 spiro atoms. The fourth-order valence-electron chi connectivity index (χ4n) is 4.09. The highest BCUT2D eigenvalue weighted by Gasteiger charge is 2.38. The van der Waals surface area contributed by atoms with Crippen molar-refractivity contribution in [2.75, 3.05) is 0 Å². The highest BCUT2D eigenvalue weighted by Crippen LogP contribution is 2.44. The van der Waals surface area contributed by atoms with Gasteiger partial charge in [0.1, 0.15) is 11.5 Å². The van der Waals surface area contributed by atoms with Crippen LogP contribution in [-0.2, 0) is 0 Å². The van der Waals surface area contributed by atoms with Gasteiger partial charge >= 0.3 is 0 Å². The molecule has 0 saturated heterocycles. The Labute approximate surface area is 199 Å². The number of thiol groups is 1. The molecule has 1 aliphatic carbocycles. The molecule has 176 valence electrons. The Bertz CT molecular complexity index is 935. The molecule has 0 amide bonds. The summed E-state index contributed by atoms with van der Waals surface area (Å²) in [6.45, 7) is 14.8. The van der Waals surface area contributed by atoms with Gasteiger partial charge < -0.3 is 26.0 Å². The maximum atomic E-state index is 10.9. The quantitative estimate of drug-likeness (QED) is 0.218. The summed E-state index contributed by atoms with van der Waals surface area (Å²) in [6.07, 6.45) is 13.8. The first-order valence-electron chi connectivity index (χ1n) is 11.3. The number of nitrogens with one attached hydrogen (secondary N) is 2. The molecule has 2 rings (SSSR count). The minimum Gasteiger partial charge on any atom is -0.511 e. The summed E-state index contributed by atoms with van der Waals surface area (Å²) >= 11 is 4.74. The lowest BCUT2D eigenvalue weighted by atomic mass is 9.77. The van der Waals surface area contributed by atoms with Gasteiger partial charge in [0.2, 0.25) is 0 Å². The number of aliphatic hydroxyl groups excluding tert-OH is 2. The van der Waals surface area contributed by atoms with Crippen LogP contribution in [0.5, 0.6) is 0 Å². The molecule has 0 aromatic heterocycles. The van der Waals surface area contributed by atoms with E-state index in [-0.39, 0.29) is 11.5 Å². The van der Waals surface area contributed by atoms with Crippen LogP contribution in [0.25, 0.3) is 0 Å². The van der Waals surface area contributed by atoms with Crippen molar-refractivity contribution in [3.63, 3.8) is 0 Å². The van der Waals surface area contributed by atoms with Crippen molar-refractivity contribution in [3.8, 4) is 0 Å². The number of rotatable bonds is 7. The van der Waals surface area contributed by atoms with Gasteiger partial charge in [-0.2, -0.15) is 0 Å². The number of hydrogen-bond acceptors (Lipinski definition) is 6. The topological polar surface area (TPSA) is 67.8 Å². The van der Waals surface area contributed by atoms with Crippen molar-refractivity contribution in [3.05, 3.63) is 81.2 Å². The zero-order chi connectivity index (χ0) is 24.1. The van der Waals surface area contributed by atoms with Crippen molar-refractivity contribution in [1.82, 2.24) is 15.8 Å². The lowest BCUT2D eigenvalue weighted by molar-refractivity contribution is 0.247. The molecule has 0 radical (unpaired) electrons. The van der Waals surface area contributed by atoms with E-state index in [1.54, 1.807) is 6.08 Å². The summed E-state index contributed by atoms with van der Waals surface area (Å²) in [4.78, 5) is 3.06. The van der Waals surface area contributed by atoms with Crippen LogP contribution in [0.15, 0.2) is 81.2 Å². The Morgan fingerprint density at radius 1 is 1.28 bits per heavy atom. The summed E-state index contributed by atoms with van der Waals surface area (Å²) in [7, 11) is 0. The number of nitrogens with zero attached hydrogens (tertiary/aromatic N) is 1. The fourth-order valence-corrected chi connectivity index (χ4v) is 4.44. The second-order valence-corrected chi connectivity index (χ2v) is 9.44. The molecule has 1 unspecified atom stereocenters. The van der Waals surface area contributed by atoms with Crippen LogP contribution in [0.3, 0.4) is 0 Å². The monoisotopic (exact) mass is 457 g/mol. The first-order valence-corrected chi connectivity index (χ1v) is 11.7. The van der Waals surface area contributed by atoms with E-state index in [1.165, 1.54) is 11.8 Å². The minimum absolute atomic E-state index is 0.0921. The molecule has 0 bridgehead atoms. The van der Waals surface area contributed by atoms with Gasteiger partial charge in [-0.25, -0.2) is 0 Å². The normalized spacial score (nSPS) is 23.2. The predicted molar refractivity (Wildman–Crippen MR) is 138 cm³/mol. The second-order valence-electron chi connectivity index (χ2n) is 8.96. The van der Waals surface area contributed by atoms with Crippen LogP contribution in [0, 0.1) is 5.41 Å². The van der Waals surface area contributed by atoms with E-state index in [1.807, 2.05) is 13.1 Å². The summed E-state index contributed by atoms with van der Waals surface area (Å²) < 4.78 is 0. The van der Waals surface area contributed by atoms with Gasteiger partial charge in [-0.1, -0.05) is 13.0 Å². The zero-order valence-corrected chi connectivity index (χ0v) is 21.3. The Hall–Kier alpha value is -2.47. The second kappa shape index (κ2) is 10.9. The third-order valence-corrected chi connectivity index (χ3v) is 6.58. The van der Waals surface area contributed by atoms with E-state index in [0.717, 1.165) is 33.7 Å². The highest BCUT2D eigenvalue weighted by molar-refractivity contribution is 7.84.